The third-order valence-electron chi connectivity index (χ3n) is 3.58. The van der Waals surface area contributed by atoms with E-state index in [2.05, 4.69) is 4.72 Å². The lowest BCUT2D eigenvalue weighted by Gasteiger charge is -2.13. The van der Waals surface area contributed by atoms with Crippen LogP contribution in [-0.2, 0) is 10.0 Å². The van der Waals surface area contributed by atoms with Gasteiger partial charge in [0.05, 0.1) is 16.1 Å². The van der Waals surface area contributed by atoms with E-state index in [4.69, 9.17) is 9.84 Å². The Hall–Kier alpha value is -3.39. The molecule has 8 heteroatoms. The summed E-state index contributed by atoms with van der Waals surface area (Å²) in [6, 6.07) is 17.7. The highest BCUT2D eigenvalue weighted by Gasteiger charge is 2.20. The van der Waals surface area contributed by atoms with Crippen molar-refractivity contribution in [3.8, 4) is 11.5 Å². The Morgan fingerprint density at radius 2 is 1.63 bits per heavy atom. The van der Waals surface area contributed by atoms with E-state index in [0.717, 1.165) is 18.2 Å². The molecule has 3 aromatic carbocycles. The minimum Gasteiger partial charge on any atom is -0.478 e. The SMILES string of the molecule is O=C(O)c1cc(S(=O)(=O)Nc2ccccc2Oc2ccccc2)ccc1F. The van der Waals surface area contributed by atoms with Crippen LogP contribution in [0.1, 0.15) is 10.4 Å². The number of aromatic carboxylic acids is 1. The maximum Gasteiger partial charge on any atom is 0.338 e. The number of anilines is 1. The normalized spacial score (nSPS) is 11.0. The fraction of sp³-hybridized carbons (Fsp3) is 0. The van der Waals surface area contributed by atoms with Gasteiger partial charge in [-0.15, -0.1) is 0 Å². The lowest BCUT2D eigenvalue weighted by molar-refractivity contribution is 0.0691. The number of carboxylic acids is 1. The second-order valence-corrected chi connectivity index (χ2v) is 7.15. The Balaban J connectivity index is 1.93. The number of rotatable bonds is 6. The molecular weight excluding hydrogens is 373 g/mol. The highest BCUT2D eigenvalue weighted by atomic mass is 32.2. The van der Waals surface area contributed by atoms with Gasteiger partial charge in [-0.2, -0.15) is 0 Å². The number of hydrogen-bond donors (Lipinski definition) is 2. The van der Waals surface area contributed by atoms with Crippen LogP contribution < -0.4 is 9.46 Å². The fourth-order valence-electron chi connectivity index (χ4n) is 2.29. The lowest BCUT2D eigenvalue weighted by atomic mass is 10.2. The highest BCUT2D eigenvalue weighted by Crippen LogP contribution is 2.31. The van der Waals surface area contributed by atoms with Crippen molar-refractivity contribution in [3.05, 3.63) is 84.2 Å². The first-order valence-electron chi connectivity index (χ1n) is 7.74. The van der Waals surface area contributed by atoms with E-state index in [9.17, 15) is 17.6 Å². The summed E-state index contributed by atoms with van der Waals surface area (Å²) in [5.74, 6) is -1.81. The van der Waals surface area contributed by atoms with Gasteiger partial charge in [-0.3, -0.25) is 4.72 Å². The molecule has 3 rings (SSSR count). The van der Waals surface area contributed by atoms with Crippen molar-refractivity contribution in [3.63, 3.8) is 0 Å². The molecular formula is C19H14FNO5S. The van der Waals surface area contributed by atoms with Gasteiger partial charge < -0.3 is 9.84 Å². The third kappa shape index (κ3) is 4.24. The first-order chi connectivity index (χ1) is 12.9. The molecule has 0 fully saturated rings. The number of para-hydroxylation sites is 3. The Morgan fingerprint density at radius 1 is 0.963 bits per heavy atom. The van der Waals surface area contributed by atoms with Crippen molar-refractivity contribution >= 4 is 21.7 Å². The van der Waals surface area contributed by atoms with Crippen LogP contribution in [0.4, 0.5) is 10.1 Å². The maximum atomic E-state index is 13.5. The van der Waals surface area contributed by atoms with E-state index in [1.807, 2.05) is 6.07 Å². The number of sulfonamides is 1. The van der Waals surface area contributed by atoms with E-state index >= 15 is 0 Å². The largest absolute Gasteiger partial charge is 0.478 e. The number of hydrogen-bond acceptors (Lipinski definition) is 4. The molecule has 0 heterocycles. The van der Waals surface area contributed by atoms with Crippen LogP contribution in [0.25, 0.3) is 0 Å². The summed E-state index contributed by atoms with van der Waals surface area (Å²) < 4.78 is 46.8. The van der Waals surface area contributed by atoms with Crippen molar-refractivity contribution < 1.29 is 27.4 Å². The summed E-state index contributed by atoms with van der Waals surface area (Å²) in [7, 11) is -4.16. The van der Waals surface area contributed by atoms with Crippen LogP contribution in [-0.4, -0.2) is 19.5 Å². The number of carboxylic acid groups (broad SMARTS) is 1. The monoisotopic (exact) mass is 387 g/mol. The van der Waals surface area contributed by atoms with Crippen LogP contribution in [0.5, 0.6) is 11.5 Å². The van der Waals surface area contributed by atoms with Gasteiger partial charge in [0.1, 0.15) is 11.6 Å². The van der Waals surface area contributed by atoms with Gasteiger partial charge in [-0.1, -0.05) is 30.3 Å². The maximum absolute atomic E-state index is 13.5. The summed E-state index contributed by atoms with van der Waals surface area (Å²) >= 11 is 0. The van der Waals surface area contributed by atoms with Crippen LogP contribution in [0, 0.1) is 5.82 Å². The summed E-state index contributed by atoms with van der Waals surface area (Å²) in [5, 5.41) is 8.98. The van der Waals surface area contributed by atoms with Gasteiger partial charge in [0.25, 0.3) is 10.0 Å². The molecule has 0 aliphatic rings. The molecule has 0 unspecified atom stereocenters. The first kappa shape index (κ1) is 18.4. The smallest absolute Gasteiger partial charge is 0.338 e. The summed E-state index contributed by atoms with van der Waals surface area (Å²) in [5.41, 5.74) is -0.575. The molecule has 138 valence electrons. The lowest BCUT2D eigenvalue weighted by Crippen LogP contribution is -2.15. The van der Waals surface area contributed by atoms with E-state index < -0.39 is 27.4 Å². The molecule has 0 bridgehead atoms. The minimum absolute atomic E-state index is 0.155. The number of carbonyl (C=O) groups is 1. The van der Waals surface area contributed by atoms with E-state index in [-0.39, 0.29) is 16.3 Å². The second-order valence-electron chi connectivity index (χ2n) is 5.46. The predicted molar refractivity (Wildman–Crippen MR) is 97.1 cm³/mol. The first-order valence-corrected chi connectivity index (χ1v) is 9.23. The van der Waals surface area contributed by atoms with Gasteiger partial charge in [-0.05, 0) is 42.5 Å². The molecule has 0 saturated heterocycles. The standard InChI is InChI=1S/C19H14FNO5S/c20-16-11-10-14(12-15(16)19(22)23)27(24,25)21-17-8-4-5-9-18(17)26-13-6-2-1-3-7-13/h1-12,21H,(H,22,23). The van der Waals surface area contributed by atoms with E-state index in [1.54, 1.807) is 42.5 Å². The van der Waals surface area contributed by atoms with E-state index in [1.165, 1.54) is 6.07 Å². The molecule has 0 amide bonds. The Bertz CT molecular complexity index is 1080. The predicted octanol–water partition coefficient (Wildman–Crippen LogP) is 4.12. The Morgan fingerprint density at radius 3 is 2.33 bits per heavy atom. The van der Waals surface area contributed by atoms with Gasteiger partial charge in [0.2, 0.25) is 0 Å². The minimum atomic E-state index is -4.16. The Labute approximate surface area is 154 Å². The average molecular weight is 387 g/mol. The average Bonchev–Trinajstić information content (AvgIpc) is 2.64. The zero-order valence-electron chi connectivity index (χ0n) is 13.8. The van der Waals surface area contributed by atoms with Gasteiger partial charge in [0.15, 0.2) is 5.75 Å². The highest BCUT2D eigenvalue weighted by molar-refractivity contribution is 7.92. The van der Waals surface area contributed by atoms with Gasteiger partial charge in [0, 0.05) is 0 Å². The molecule has 0 radical (unpaired) electrons. The summed E-state index contributed by atoms with van der Waals surface area (Å²) in [6.07, 6.45) is 0. The van der Waals surface area contributed by atoms with Crippen molar-refractivity contribution in [2.75, 3.05) is 4.72 Å². The van der Waals surface area contributed by atoms with Crippen LogP contribution in [0.3, 0.4) is 0 Å². The zero-order valence-corrected chi connectivity index (χ0v) is 14.6. The van der Waals surface area contributed by atoms with Gasteiger partial charge >= 0.3 is 5.97 Å². The van der Waals surface area contributed by atoms with Crippen LogP contribution >= 0.6 is 0 Å². The molecule has 2 N–H and O–H groups in total. The molecule has 27 heavy (non-hydrogen) atoms. The number of halogens is 1. The number of benzene rings is 3. The van der Waals surface area contributed by atoms with Crippen molar-refractivity contribution in [1.82, 2.24) is 0 Å². The summed E-state index contributed by atoms with van der Waals surface area (Å²) in [4.78, 5) is 10.7. The second kappa shape index (κ2) is 7.46. The number of nitrogens with one attached hydrogen (secondary N) is 1. The zero-order chi connectivity index (χ0) is 19.4. The summed E-state index contributed by atoms with van der Waals surface area (Å²) in [6.45, 7) is 0. The van der Waals surface area contributed by atoms with Gasteiger partial charge in [-0.25, -0.2) is 17.6 Å². The van der Waals surface area contributed by atoms with E-state index in [0.29, 0.717) is 5.75 Å². The molecule has 0 aliphatic carbocycles. The number of ether oxygens (including phenoxy) is 1. The van der Waals surface area contributed by atoms with Crippen molar-refractivity contribution in [1.29, 1.82) is 0 Å². The molecule has 0 aliphatic heterocycles. The topological polar surface area (TPSA) is 92.7 Å². The molecule has 3 aromatic rings. The fourth-order valence-corrected chi connectivity index (χ4v) is 3.39. The molecule has 6 nitrogen and oxygen atoms in total. The third-order valence-corrected chi connectivity index (χ3v) is 4.94. The molecule has 0 atom stereocenters. The molecule has 0 spiro atoms. The quantitative estimate of drug-likeness (QED) is 0.664. The molecule has 0 aromatic heterocycles. The van der Waals surface area contributed by atoms with Crippen molar-refractivity contribution in [2.24, 2.45) is 0 Å². The van der Waals surface area contributed by atoms with Crippen LogP contribution in [0.15, 0.2) is 77.7 Å². The van der Waals surface area contributed by atoms with Crippen molar-refractivity contribution in [2.45, 2.75) is 4.90 Å². The Kier molecular flexibility index (Phi) is 5.09. The molecule has 0 saturated carbocycles. The van der Waals surface area contributed by atoms with Crippen LogP contribution in [0.2, 0.25) is 0 Å².